The van der Waals surface area contributed by atoms with E-state index in [1.54, 1.807) is 42.6 Å². The number of carbonyl (C=O) groups excluding carboxylic acids is 2. The number of aryl methyl sites for hydroxylation is 2. The number of hydrogen-bond acceptors (Lipinski definition) is 12. The number of anilines is 2. The number of benzene rings is 3. The average Bonchev–Trinajstić information content (AvgIpc) is 3.33. The molecule has 0 spiro atoms. The SMILES string of the molecule is C.Cc1cc(NC(=O)N2CC=C(c3ncc(C[C@@H](O)CO)cc3F)CC2)ccc1OC(F)(F)F.Cc1cc(NC(=O)Oc2ccccc2)ccc1OC(F)(F)F.OC[C@H](O)Cc1cnc(C2=CCNCC2)c(F)c1. The summed E-state index contributed by atoms with van der Waals surface area (Å²) in [4.78, 5) is 33.9. The summed E-state index contributed by atoms with van der Waals surface area (Å²) in [6.07, 6.45) is -4.13. The summed E-state index contributed by atoms with van der Waals surface area (Å²) < 4.78 is 115. The molecule has 23 heteroatoms. The fraction of sp³-hybridized carbons (Fsp3) is 0.333. The number of aliphatic hydroxyl groups is 4. The molecule has 0 radical (unpaired) electrons. The number of pyridine rings is 2. The molecule has 0 unspecified atom stereocenters. The first kappa shape index (κ1) is 59.4. The van der Waals surface area contributed by atoms with Crippen molar-refractivity contribution < 1.29 is 79.3 Å². The number of ether oxygens (including phenoxy) is 3. The van der Waals surface area contributed by atoms with Crippen LogP contribution in [0.1, 0.15) is 53.9 Å². The van der Waals surface area contributed by atoms with Crippen molar-refractivity contribution in [3.8, 4) is 17.2 Å². The fourth-order valence-corrected chi connectivity index (χ4v) is 7.10. The molecular weight excluding hydrogens is 993 g/mol. The monoisotopic (exact) mass is 1050 g/mol. The Bertz CT molecular complexity index is 2710. The molecule has 3 aromatic carbocycles. The Morgan fingerprint density at radius 3 is 1.64 bits per heavy atom. The number of nitrogens with one attached hydrogen (secondary N) is 3. The lowest BCUT2D eigenvalue weighted by atomic mass is 10.0. The molecule has 2 aliphatic heterocycles. The number of hydrogen-bond donors (Lipinski definition) is 7. The van der Waals surface area contributed by atoms with Gasteiger partial charge in [0.2, 0.25) is 0 Å². The van der Waals surface area contributed by atoms with E-state index in [0.717, 1.165) is 37.2 Å². The second kappa shape index (κ2) is 27.8. The van der Waals surface area contributed by atoms with E-state index in [-0.39, 0.29) is 74.1 Å². The molecule has 74 heavy (non-hydrogen) atoms. The summed E-state index contributed by atoms with van der Waals surface area (Å²) in [6.45, 7) is 4.16. The third kappa shape index (κ3) is 19.3. The van der Waals surface area contributed by atoms with Gasteiger partial charge in [-0.2, -0.15) is 0 Å². The molecule has 0 saturated heterocycles. The van der Waals surface area contributed by atoms with Crippen molar-refractivity contribution in [1.82, 2.24) is 20.2 Å². The summed E-state index contributed by atoms with van der Waals surface area (Å²) in [6, 6.07) is 18.2. The van der Waals surface area contributed by atoms with E-state index in [1.165, 1.54) is 61.3 Å². The Balaban J connectivity index is 0.000000252. The first-order valence-corrected chi connectivity index (χ1v) is 22.4. The summed E-state index contributed by atoms with van der Waals surface area (Å²) in [5.74, 6) is -1.25. The predicted molar refractivity (Wildman–Crippen MR) is 259 cm³/mol. The van der Waals surface area contributed by atoms with Gasteiger partial charge in [0.15, 0.2) is 0 Å². The van der Waals surface area contributed by atoms with Crippen molar-refractivity contribution in [3.05, 3.63) is 149 Å². The molecule has 400 valence electrons. The Morgan fingerprint density at radius 1 is 0.716 bits per heavy atom. The molecule has 0 saturated carbocycles. The van der Waals surface area contributed by atoms with Gasteiger partial charge in [0.05, 0.1) is 25.4 Å². The van der Waals surface area contributed by atoms with E-state index in [9.17, 15) is 54.9 Å². The second-order valence-electron chi connectivity index (χ2n) is 16.4. The van der Waals surface area contributed by atoms with Gasteiger partial charge in [-0.3, -0.25) is 15.3 Å². The summed E-state index contributed by atoms with van der Waals surface area (Å²) >= 11 is 0. The number of halogens is 8. The highest BCUT2D eigenvalue weighted by atomic mass is 19.4. The minimum absolute atomic E-state index is 0. The molecule has 5 aromatic rings. The number of alkyl halides is 6. The lowest BCUT2D eigenvalue weighted by molar-refractivity contribution is -0.275. The Morgan fingerprint density at radius 2 is 1.22 bits per heavy atom. The van der Waals surface area contributed by atoms with Crippen molar-refractivity contribution >= 4 is 34.6 Å². The number of para-hydroxylation sites is 1. The van der Waals surface area contributed by atoms with Gasteiger partial charge < -0.3 is 50.2 Å². The number of amides is 3. The number of rotatable bonds is 13. The van der Waals surface area contributed by atoms with Crippen LogP contribution in [0.4, 0.5) is 56.1 Å². The number of nitrogens with zero attached hydrogens (tertiary/aromatic N) is 3. The number of carbonyl (C=O) groups is 2. The third-order valence-corrected chi connectivity index (χ3v) is 10.6. The molecule has 7 N–H and O–H groups in total. The minimum Gasteiger partial charge on any atom is -0.410 e. The summed E-state index contributed by atoms with van der Waals surface area (Å²) in [7, 11) is 0. The fourth-order valence-electron chi connectivity index (χ4n) is 7.10. The molecule has 0 fully saturated rings. The van der Waals surface area contributed by atoms with Gasteiger partial charge in [-0.1, -0.05) is 37.8 Å². The van der Waals surface area contributed by atoms with Crippen molar-refractivity contribution in [2.24, 2.45) is 0 Å². The molecule has 3 amide bonds. The lowest BCUT2D eigenvalue weighted by Crippen LogP contribution is -2.38. The van der Waals surface area contributed by atoms with E-state index < -0.39 is 49.5 Å². The van der Waals surface area contributed by atoms with Crippen molar-refractivity contribution in [2.45, 2.75) is 71.9 Å². The highest BCUT2D eigenvalue weighted by Gasteiger charge is 2.33. The van der Waals surface area contributed by atoms with Crippen LogP contribution in [0.25, 0.3) is 11.1 Å². The molecule has 0 bridgehead atoms. The van der Waals surface area contributed by atoms with Gasteiger partial charge in [0, 0.05) is 56.2 Å². The molecular formula is C51H56F8N6O9. The molecule has 4 heterocycles. The van der Waals surface area contributed by atoms with Crippen LogP contribution in [-0.4, -0.2) is 112 Å². The van der Waals surface area contributed by atoms with E-state index in [0.29, 0.717) is 45.9 Å². The summed E-state index contributed by atoms with van der Waals surface area (Å²) in [5, 5.41) is 44.6. The van der Waals surface area contributed by atoms with Gasteiger partial charge in [-0.15, -0.1) is 26.3 Å². The number of urea groups is 1. The smallest absolute Gasteiger partial charge is 0.410 e. The second-order valence-corrected chi connectivity index (χ2v) is 16.4. The number of aromatic nitrogens is 2. The molecule has 7 rings (SSSR count). The Labute approximate surface area is 421 Å². The highest BCUT2D eigenvalue weighted by molar-refractivity contribution is 5.90. The highest BCUT2D eigenvalue weighted by Crippen LogP contribution is 2.31. The van der Waals surface area contributed by atoms with Crippen LogP contribution in [0.5, 0.6) is 17.2 Å². The van der Waals surface area contributed by atoms with E-state index >= 15 is 0 Å². The standard InChI is InChI=1S/C22H23F4N3O4.C15H12F3NO3.C13H17FN2O2.CH4/c1-13-8-16(2-3-19(13)33-22(24,25)26)28-21(32)29-6-4-15(5-7-29)20-18(23)10-14(11-27-20)9-17(31)12-30;1-10-9-11(7-8-13(10)22-15(16,17)18)19-14(20)21-12-5-3-2-4-6-12;14-12-6-9(5-11(18)8-17)7-16-13(12)10-1-3-15-4-2-10;/h2-4,8,10-11,17,30-31H,5-7,9,12H2,1H3,(H,28,32);2-9H,1H3,(H,19,20);1,6-7,11,15,17-18H,2-5,8H2;1H4/t17-;;11-;/m1.1./s1. The zero-order valence-electron chi connectivity index (χ0n) is 39.2. The zero-order valence-corrected chi connectivity index (χ0v) is 39.2. The molecule has 15 nitrogen and oxygen atoms in total. The van der Waals surface area contributed by atoms with Gasteiger partial charge in [-0.25, -0.2) is 18.4 Å². The Hall–Kier alpha value is -7.18. The van der Waals surface area contributed by atoms with Gasteiger partial charge >= 0.3 is 24.8 Å². The van der Waals surface area contributed by atoms with Crippen LogP contribution in [0.2, 0.25) is 0 Å². The molecule has 2 aromatic heterocycles. The zero-order chi connectivity index (χ0) is 53.3. The quantitative estimate of drug-likeness (QED) is 0.0551. The summed E-state index contributed by atoms with van der Waals surface area (Å²) in [5.41, 5.74) is 4.20. The van der Waals surface area contributed by atoms with E-state index in [2.05, 4.69) is 35.4 Å². The topological polar surface area (TPSA) is 208 Å². The van der Waals surface area contributed by atoms with E-state index in [4.69, 9.17) is 14.9 Å². The van der Waals surface area contributed by atoms with Crippen LogP contribution < -0.4 is 30.2 Å². The average molecular weight is 1050 g/mol. The normalized spacial score (nSPS) is 14.2. The maximum Gasteiger partial charge on any atom is 0.573 e. The van der Waals surface area contributed by atoms with Crippen LogP contribution in [0.15, 0.2) is 103 Å². The predicted octanol–water partition coefficient (Wildman–Crippen LogP) is 9.28. The van der Waals surface area contributed by atoms with Crippen LogP contribution in [-0.2, 0) is 12.8 Å². The largest absolute Gasteiger partial charge is 0.573 e. The lowest BCUT2D eigenvalue weighted by Gasteiger charge is -2.27. The molecule has 2 atom stereocenters. The van der Waals surface area contributed by atoms with Crippen LogP contribution in [0, 0.1) is 25.5 Å². The van der Waals surface area contributed by atoms with Crippen LogP contribution >= 0.6 is 0 Å². The molecule has 2 aliphatic rings. The van der Waals surface area contributed by atoms with Gasteiger partial charge in [-0.05, 0) is 127 Å². The van der Waals surface area contributed by atoms with Crippen molar-refractivity contribution in [2.75, 3.05) is 50.0 Å². The van der Waals surface area contributed by atoms with Crippen molar-refractivity contribution in [3.63, 3.8) is 0 Å². The maximum atomic E-state index is 14.5. The first-order valence-electron chi connectivity index (χ1n) is 22.4. The van der Waals surface area contributed by atoms with Gasteiger partial charge in [0.1, 0.15) is 40.3 Å². The van der Waals surface area contributed by atoms with Crippen LogP contribution in [0.3, 0.4) is 0 Å². The van der Waals surface area contributed by atoms with Crippen molar-refractivity contribution in [1.29, 1.82) is 0 Å². The first-order chi connectivity index (χ1) is 34.6. The maximum absolute atomic E-state index is 14.5. The number of aliphatic hydroxyl groups excluding tert-OH is 4. The van der Waals surface area contributed by atoms with Gasteiger partial charge in [0.25, 0.3) is 0 Å². The van der Waals surface area contributed by atoms with E-state index in [1.807, 2.05) is 6.08 Å². The molecule has 0 aliphatic carbocycles. The minimum atomic E-state index is -4.80. The third-order valence-electron chi connectivity index (χ3n) is 10.6. The Kier molecular flexibility index (Phi) is 22.3.